The number of ether oxygens (including phenoxy) is 1. The van der Waals surface area contributed by atoms with Gasteiger partial charge in [-0.3, -0.25) is 4.90 Å². The number of imidazole rings is 1. The molecule has 3 N–H and O–H groups in total. The van der Waals surface area contributed by atoms with Crippen LogP contribution in [0.4, 0.5) is 4.79 Å². The molecule has 2 amide bonds. The molecule has 0 bridgehead atoms. The Morgan fingerprint density at radius 2 is 1.72 bits per heavy atom. The van der Waals surface area contributed by atoms with Crippen LogP contribution in [0.3, 0.4) is 0 Å². The smallest absolute Gasteiger partial charge is 0.315 e. The number of benzene rings is 3. The molecule has 0 aliphatic carbocycles. The van der Waals surface area contributed by atoms with Gasteiger partial charge in [-0.05, 0) is 54.7 Å². The van der Waals surface area contributed by atoms with Gasteiger partial charge < -0.3 is 20.4 Å². The highest BCUT2D eigenvalue weighted by Gasteiger charge is 2.24. The van der Waals surface area contributed by atoms with Crippen LogP contribution in [0.1, 0.15) is 35.8 Å². The van der Waals surface area contributed by atoms with E-state index in [1.54, 1.807) is 7.11 Å². The standard InChI is InChI=1S/C29H33N5O2/c1-36-24-13-11-21(12-14-24)19-27(28-31-25-9-5-6-10-26(25)32-28)33-29(35)30-23-15-17-34(18-16-23)20-22-7-3-2-4-8-22/h2-14,23,27H,15-20H2,1H3,(H,31,32)(H2,30,33,35). The molecule has 186 valence electrons. The first-order valence-electron chi connectivity index (χ1n) is 12.6. The van der Waals surface area contributed by atoms with Crippen LogP contribution in [0.15, 0.2) is 78.9 Å². The summed E-state index contributed by atoms with van der Waals surface area (Å²) in [6, 6.07) is 26.1. The molecule has 7 nitrogen and oxygen atoms in total. The summed E-state index contributed by atoms with van der Waals surface area (Å²) in [6.07, 6.45) is 2.49. The largest absolute Gasteiger partial charge is 0.497 e. The maximum Gasteiger partial charge on any atom is 0.315 e. The highest BCUT2D eigenvalue weighted by molar-refractivity contribution is 5.76. The molecule has 1 saturated heterocycles. The first-order chi connectivity index (χ1) is 17.7. The fraction of sp³-hybridized carbons (Fsp3) is 0.310. The van der Waals surface area contributed by atoms with Gasteiger partial charge in [0.15, 0.2) is 0 Å². The van der Waals surface area contributed by atoms with Gasteiger partial charge in [0.2, 0.25) is 0 Å². The van der Waals surface area contributed by atoms with Gasteiger partial charge in [-0.15, -0.1) is 0 Å². The lowest BCUT2D eigenvalue weighted by atomic mass is 10.0. The van der Waals surface area contributed by atoms with Gasteiger partial charge in [-0.25, -0.2) is 9.78 Å². The number of aromatic amines is 1. The number of H-pyrrole nitrogens is 1. The van der Waals surface area contributed by atoms with Crippen molar-refractivity contribution in [1.82, 2.24) is 25.5 Å². The average Bonchev–Trinajstić information content (AvgIpc) is 3.35. The molecular formula is C29H33N5O2. The van der Waals surface area contributed by atoms with Crippen LogP contribution in [-0.4, -0.2) is 47.1 Å². The molecule has 1 aliphatic rings. The molecule has 2 heterocycles. The number of hydrogen-bond acceptors (Lipinski definition) is 4. The number of carbonyl (C=O) groups is 1. The lowest BCUT2D eigenvalue weighted by Crippen LogP contribution is -2.48. The Morgan fingerprint density at radius 1 is 1.00 bits per heavy atom. The molecule has 36 heavy (non-hydrogen) atoms. The number of methoxy groups -OCH3 is 1. The zero-order valence-corrected chi connectivity index (χ0v) is 20.6. The molecule has 1 aromatic heterocycles. The highest BCUT2D eigenvalue weighted by Crippen LogP contribution is 2.22. The fourth-order valence-corrected chi connectivity index (χ4v) is 4.81. The van der Waals surface area contributed by atoms with E-state index >= 15 is 0 Å². The number of urea groups is 1. The third-order valence-corrected chi connectivity index (χ3v) is 6.81. The topological polar surface area (TPSA) is 82.3 Å². The summed E-state index contributed by atoms with van der Waals surface area (Å²) < 4.78 is 5.29. The quantitative estimate of drug-likeness (QED) is 0.336. The maximum atomic E-state index is 13.1. The predicted molar refractivity (Wildman–Crippen MR) is 142 cm³/mol. The Morgan fingerprint density at radius 3 is 2.44 bits per heavy atom. The van der Waals surface area contributed by atoms with Gasteiger partial charge in [0.25, 0.3) is 0 Å². The van der Waals surface area contributed by atoms with Gasteiger partial charge in [-0.1, -0.05) is 54.6 Å². The summed E-state index contributed by atoms with van der Waals surface area (Å²) in [5.41, 5.74) is 4.27. The number of hydrogen-bond donors (Lipinski definition) is 3. The second kappa shape index (κ2) is 11.3. The number of nitrogens with zero attached hydrogens (tertiary/aromatic N) is 2. The Hall–Kier alpha value is -3.84. The van der Waals surface area contributed by atoms with E-state index in [2.05, 4.69) is 44.8 Å². The Kier molecular flexibility index (Phi) is 7.47. The van der Waals surface area contributed by atoms with Crippen LogP contribution < -0.4 is 15.4 Å². The molecule has 7 heteroatoms. The van der Waals surface area contributed by atoms with E-state index < -0.39 is 0 Å². The second-order valence-electron chi connectivity index (χ2n) is 9.40. The normalized spacial score (nSPS) is 15.5. The van der Waals surface area contributed by atoms with E-state index in [-0.39, 0.29) is 18.1 Å². The Bertz CT molecular complexity index is 1230. The van der Waals surface area contributed by atoms with Crippen molar-refractivity contribution in [2.75, 3.05) is 20.2 Å². The van der Waals surface area contributed by atoms with E-state index in [9.17, 15) is 4.79 Å². The minimum Gasteiger partial charge on any atom is -0.497 e. The summed E-state index contributed by atoms with van der Waals surface area (Å²) in [4.78, 5) is 23.7. The van der Waals surface area contributed by atoms with Gasteiger partial charge in [0.1, 0.15) is 11.6 Å². The third-order valence-electron chi connectivity index (χ3n) is 6.81. The highest BCUT2D eigenvalue weighted by atomic mass is 16.5. The van der Waals surface area contributed by atoms with Gasteiger partial charge in [-0.2, -0.15) is 0 Å². The maximum absolute atomic E-state index is 13.1. The number of aromatic nitrogens is 2. The molecular weight excluding hydrogens is 450 g/mol. The third kappa shape index (κ3) is 6.04. The molecule has 0 radical (unpaired) electrons. The summed E-state index contributed by atoms with van der Waals surface area (Å²) in [6.45, 7) is 2.90. The number of fused-ring (bicyclic) bond motifs is 1. The predicted octanol–water partition coefficient (Wildman–Crippen LogP) is 4.82. The number of amides is 2. The van der Waals surface area contributed by atoms with E-state index in [4.69, 9.17) is 9.72 Å². The van der Waals surface area contributed by atoms with E-state index in [1.165, 1.54) is 5.56 Å². The van der Waals surface area contributed by atoms with E-state index in [0.717, 1.165) is 60.6 Å². The molecule has 3 aromatic carbocycles. The van der Waals surface area contributed by atoms with Crippen LogP contribution in [0.5, 0.6) is 5.75 Å². The van der Waals surface area contributed by atoms with Crippen molar-refractivity contribution in [1.29, 1.82) is 0 Å². The zero-order valence-electron chi connectivity index (χ0n) is 20.6. The average molecular weight is 484 g/mol. The number of carbonyl (C=O) groups excluding carboxylic acids is 1. The van der Waals surface area contributed by atoms with Gasteiger partial charge >= 0.3 is 6.03 Å². The monoisotopic (exact) mass is 483 g/mol. The van der Waals surface area contributed by atoms with Crippen LogP contribution in [0.25, 0.3) is 11.0 Å². The van der Waals surface area contributed by atoms with Crippen molar-refractivity contribution in [3.8, 4) is 5.75 Å². The first-order valence-corrected chi connectivity index (χ1v) is 12.6. The molecule has 4 aromatic rings. The van der Waals surface area contributed by atoms with Crippen molar-refractivity contribution < 1.29 is 9.53 Å². The number of para-hydroxylation sites is 2. The summed E-state index contributed by atoms with van der Waals surface area (Å²) in [5, 5.41) is 6.38. The molecule has 1 atom stereocenters. The number of piperidine rings is 1. The number of nitrogens with one attached hydrogen (secondary N) is 3. The SMILES string of the molecule is COc1ccc(CC(NC(=O)NC2CCN(Cc3ccccc3)CC2)c2nc3ccccc3[nH]2)cc1. The zero-order chi connectivity index (χ0) is 24.7. The molecule has 1 fully saturated rings. The van der Waals surface area contributed by atoms with Crippen LogP contribution in [0.2, 0.25) is 0 Å². The minimum atomic E-state index is -0.288. The lowest BCUT2D eigenvalue weighted by molar-refractivity contribution is 0.185. The molecule has 0 spiro atoms. The number of likely N-dealkylation sites (tertiary alicyclic amines) is 1. The summed E-state index contributed by atoms with van der Waals surface area (Å²) in [7, 11) is 1.66. The van der Waals surface area contributed by atoms with Crippen molar-refractivity contribution >= 4 is 17.1 Å². The number of rotatable bonds is 8. The Labute approximate surface area is 211 Å². The summed E-state index contributed by atoms with van der Waals surface area (Å²) in [5.74, 6) is 1.56. The van der Waals surface area contributed by atoms with Gasteiger partial charge in [0.05, 0.1) is 24.2 Å². The first kappa shape index (κ1) is 23.9. The van der Waals surface area contributed by atoms with Gasteiger partial charge in [0, 0.05) is 25.7 Å². The lowest BCUT2D eigenvalue weighted by Gasteiger charge is -2.32. The van der Waals surface area contributed by atoms with Crippen molar-refractivity contribution in [3.63, 3.8) is 0 Å². The van der Waals surface area contributed by atoms with E-state index in [0.29, 0.717) is 6.42 Å². The summed E-state index contributed by atoms with van der Waals surface area (Å²) >= 11 is 0. The van der Waals surface area contributed by atoms with Crippen molar-refractivity contribution in [2.45, 2.75) is 37.9 Å². The Balaban J connectivity index is 1.22. The second-order valence-corrected chi connectivity index (χ2v) is 9.40. The molecule has 0 saturated carbocycles. The van der Waals surface area contributed by atoms with Crippen molar-refractivity contribution in [3.05, 3.63) is 95.8 Å². The molecule has 5 rings (SSSR count). The fourth-order valence-electron chi connectivity index (χ4n) is 4.81. The minimum absolute atomic E-state index is 0.157. The van der Waals surface area contributed by atoms with Crippen LogP contribution in [-0.2, 0) is 13.0 Å². The molecule has 1 aliphatic heterocycles. The molecule has 1 unspecified atom stereocenters. The van der Waals surface area contributed by atoms with Crippen LogP contribution in [0, 0.1) is 0 Å². The van der Waals surface area contributed by atoms with Crippen LogP contribution >= 0.6 is 0 Å². The van der Waals surface area contributed by atoms with Crippen molar-refractivity contribution in [2.24, 2.45) is 0 Å². The van der Waals surface area contributed by atoms with E-state index in [1.807, 2.05) is 54.6 Å².